The fourth-order valence-electron chi connectivity index (χ4n) is 1.32. The summed E-state index contributed by atoms with van der Waals surface area (Å²) in [5.74, 6) is 1.73. The lowest BCUT2D eigenvalue weighted by molar-refractivity contribution is 0.926. The van der Waals surface area contributed by atoms with E-state index >= 15 is 0 Å². The van der Waals surface area contributed by atoms with E-state index in [1.807, 2.05) is 49.0 Å². The van der Waals surface area contributed by atoms with Crippen molar-refractivity contribution < 1.29 is 0 Å². The van der Waals surface area contributed by atoms with Crippen LogP contribution in [0.4, 0.5) is 0 Å². The van der Waals surface area contributed by atoms with Crippen LogP contribution in [0.15, 0.2) is 30.6 Å². The van der Waals surface area contributed by atoms with Crippen molar-refractivity contribution in [2.24, 2.45) is 0 Å². The molecule has 0 saturated heterocycles. The number of aryl methyl sites for hydroxylation is 2. The topological polar surface area (TPSA) is 30.7 Å². The van der Waals surface area contributed by atoms with Gasteiger partial charge in [0.15, 0.2) is 0 Å². The number of hydrogen-bond acceptors (Lipinski definition) is 2. The quantitative estimate of drug-likeness (QED) is 0.659. The third kappa shape index (κ3) is 1.59. The minimum atomic E-state index is 0.809. The fraction of sp³-hybridized carbons (Fsp3) is 0.200. The fourth-order valence-corrected chi connectivity index (χ4v) is 1.32. The Morgan fingerprint density at radius 2 is 1.77 bits per heavy atom. The van der Waals surface area contributed by atoms with Crippen molar-refractivity contribution in [2.45, 2.75) is 13.8 Å². The SMILES string of the molecule is Cc1cc(-n2cccc2)nc(C)n1. The van der Waals surface area contributed by atoms with E-state index in [9.17, 15) is 0 Å². The minimum Gasteiger partial charge on any atom is -0.309 e. The number of aromatic nitrogens is 3. The summed E-state index contributed by atoms with van der Waals surface area (Å²) in [4.78, 5) is 8.55. The first-order valence-electron chi connectivity index (χ1n) is 4.21. The highest BCUT2D eigenvalue weighted by Gasteiger charge is 1.98. The van der Waals surface area contributed by atoms with E-state index in [1.54, 1.807) is 0 Å². The van der Waals surface area contributed by atoms with Crippen molar-refractivity contribution in [3.8, 4) is 5.82 Å². The largest absolute Gasteiger partial charge is 0.309 e. The molecule has 0 unspecified atom stereocenters. The number of rotatable bonds is 1. The summed E-state index contributed by atoms with van der Waals surface area (Å²) >= 11 is 0. The van der Waals surface area contributed by atoms with Crippen LogP contribution < -0.4 is 0 Å². The number of hydrogen-bond donors (Lipinski definition) is 0. The summed E-state index contributed by atoms with van der Waals surface area (Å²) in [5.41, 5.74) is 0.996. The first-order valence-corrected chi connectivity index (χ1v) is 4.21. The summed E-state index contributed by atoms with van der Waals surface area (Å²) in [6.45, 7) is 3.88. The normalized spacial score (nSPS) is 10.3. The summed E-state index contributed by atoms with van der Waals surface area (Å²) < 4.78 is 1.97. The van der Waals surface area contributed by atoms with Crippen LogP contribution in [-0.2, 0) is 0 Å². The third-order valence-electron chi connectivity index (χ3n) is 1.82. The molecule has 3 nitrogen and oxygen atoms in total. The molecule has 0 aliphatic carbocycles. The van der Waals surface area contributed by atoms with E-state index in [-0.39, 0.29) is 0 Å². The van der Waals surface area contributed by atoms with E-state index in [0.29, 0.717) is 0 Å². The van der Waals surface area contributed by atoms with Crippen molar-refractivity contribution >= 4 is 0 Å². The average molecular weight is 173 g/mol. The van der Waals surface area contributed by atoms with Gasteiger partial charge in [-0.05, 0) is 26.0 Å². The molecule has 13 heavy (non-hydrogen) atoms. The molecule has 2 rings (SSSR count). The van der Waals surface area contributed by atoms with Crippen molar-refractivity contribution in [2.75, 3.05) is 0 Å². The Balaban J connectivity index is 2.53. The second kappa shape index (κ2) is 3.01. The van der Waals surface area contributed by atoms with Gasteiger partial charge in [0.2, 0.25) is 0 Å². The molecule has 0 fully saturated rings. The highest BCUT2D eigenvalue weighted by Crippen LogP contribution is 2.06. The Morgan fingerprint density at radius 1 is 1.08 bits per heavy atom. The number of nitrogens with zero attached hydrogens (tertiary/aromatic N) is 3. The minimum absolute atomic E-state index is 0.809. The smallest absolute Gasteiger partial charge is 0.140 e. The van der Waals surface area contributed by atoms with Crippen LogP contribution in [0.25, 0.3) is 5.82 Å². The Kier molecular flexibility index (Phi) is 1.85. The molecule has 2 aromatic heterocycles. The van der Waals surface area contributed by atoms with E-state index in [0.717, 1.165) is 17.3 Å². The Bertz CT molecular complexity index is 384. The second-order valence-corrected chi connectivity index (χ2v) is 3.01. The van der Waals surface area contributed by atoms with Crippen LogP contribution in [0.3, 0.4) is 0 Å². The Morgan fingerprint density at radius 3 is 2.38 bits per heavy atom. The van der Waals surface area contributed by atoms with Crippen LogP contribution in [0.5, 0.6) is 0 Å². The van der Waals surface area contributed by atoms with E-state index in [4.69, 9.17) is 0 Å². The predicted molar refractivity (Wildman–Crippen MR) is 50.8 cm³/mol. The van der Waals surface area contributed by atoms with Gasteiger partial charge in [0.25, 0.3) is 0 Å². The molecule has 2 aromatic rings. The molecular weight excluding hydrogens is 162 g/mol. The Labute approximate surface area is 77.1 Å². The average Bonchev–Trinajstić information content (AvgIpc) is 2.53. The first kappa shape index (κ1) is 7.98. The van der Waals surface area contributed by atoms with Gasteiger partial charge in [0.1, 0.15) is 11.6 Å². The van der Waals surface area contributed by atoms with Gasteiger partial charge in [-0.1, -0.05) is 0 Å². The van der Waals surface area contributed by atoms with E-state index in [1.165, 1.54) is 0 Å². The molecule has 0 aliphatic rings. The molecule has 0 aromatic carbocycles. The second-order valence-electron chi connectivity index (χ2n) is 3.01. The molecule has 0 amide bonds. The van der Waals surface area contributed by atoms with Crippen molar-refractivity contribution in [1.82, 2.24) is 14.5 Å². The third-order valence-corrected chi connectivity index (χ3v) is 1.82. The van der Waals surface area contributed by atoms with Gasteiger partial charge in [-0.15, -0.1) is 0 Å². The summed E-state index contributed by atoms with van der Waals surface area (Å²) in [6, 6.07) is 5.92. The summed E-state index contributed by atoms with van der Waals surface area (Å²) in [5, 5.41) is 0. The van der Waals surface area contributed by atoms with Crippen LogP contribution in [-0.4, -0.2) is 14.5 Å². The summed E-state index contributed by atoms with van der Waals surface area (Å²) in [6.07, 6.45) is 3.95. The molecule has 3 heteroatoms. The predicted octanol–water partition coefficient (Wildman–Crippen LogP) is 1.88. The zero-order chi connectivity index (χ0) is 9.26. The maximum absolute atomic E-state index is 4.33. The zero-order valence-electron chi connectivity index (χ0n) is 7.73. The summed E-state index contributed by atoms with van der Waals surface area (Å²) in [7, 11) is 0. The van der Waals surface area contributed by atoms with Gasteiger partial charge in [0, 0.05) is 24.2 Å². The molecule has 0 N–H and O–H groups in total. The molecular formula is C10H11N3. The molecule has 0 spiro atoms. The van der Waals surface area contributed by atoms with Crippen LogP contribution in [0, 0.1) is 13.8 Å². The van der Waals surface area contributed by atoms with E-state index < -0.39 is 0 Å². The zero-order valence-corrected chi connectivity index (χ0v) is 7.73. The molecule has 0 atom stereocenters. The van der Waals surface area contributed by atoms with Gasteiger partial charge in [0.05, 0.1) is 0 Å². The molecule has 0 aliphatic heterocycles. The van der Waals surface area contributed by atoms with E-state index in [2.05, 4.69) is 9.97 Å². The van der Waals surface area contributed by atoms with Crippen molar-refractivity contribution in [3.05, 3.63) is 42.1 Å². The van der Waals surface area contributed by atoms with Crippen molar-refractivity contribution in [1.29, 1.82) is 0 Å². The first-order chi connectivity index (χ1) is 6.25. The lowest BCUT2D eigenvalue weighted by Crippen LogP contribution is -1.99. The van der Waals surface area contributed by atoms with Crippen LogP contribution >= 0.6 is 0 Å². The van der Waals surface area contributed by atoms with Gasteiger partial charge >= 0.3 is 0 Å². The lowest BCUT2D eigenvalue weighted by Gasteiger charge is -2.03. The highest BCUT2D eigenvalue weighted by molar-refractivity contribution is 5.25. The molecule has 0 saturated carbocycles. The molecule has 0 bridgehead atoms. The molecule has 0 radical (unpaired) electrons. The van der Waals surface area contributed by atoms with Crippen LogP contribution in [0.1, 0.15) is 11.5 Å². The maximum Gasteiger partial charge on any atom is 0.140 e. The van der Waals surface area contributed by atoms with Gasteiger partial charge in [-0.2, -0.15) is 0 Å². The molecule has 2 heterocycles. The van der Waals surface area contributed by atoms with Crippen molar-refractivity contribution in [3.63, 3.8) is 0 Å². The standard InChI is InChI=1S/C10H11N3/c1-8-7-10(12-9(2)11-8)13-5-3-4-6-13/h3-7H,1-2H3. The van der Waals surface area contributed by atoms with Gasteiger partial charge < -0.3 is 4.57 Å². The maximum atomic E-state index is 4.33. The van der Waals surface area contributed by atoms with Crippen LogP contribution in [0.2, 0.25) is 0 Å². The highest BCUT2D eigenvalue weighted by atomic mass is 15.1. The monoisotopic (exact) mass is 173 g/mol. The lowest BCUT2D eigenvalue weighted by atomic mass is 10.4. The van der Waals surface area contributed by atoms with Gasteiger partial charge in [-0.25, -0.2) is 9.97 Å². The molecule has 66 valence electrons. The van der Waals surface area contributed by atoms with Gasteiger partial charge in [-0.3, -0.25) is 0 Å². The Hall–Kier alpha value is -1.64.